The van der Waals surface area contributed by atoms with Crippen LogP contribution in [0.1, 0.15) is 41.6 Å². The monoisotopic (exact) mass is 482 g/mol. The number of aromatic nitrogens is 3. The molecular weight excluding hydrogens is 450 g/mol. The largest absolute Gasteiger partial charge is 0.478 e. The zero-order valence-corrected chi connectivity index (χ0v) is 21.0. The van der Waals surface area contributed by atoms with Gasteiger partial charge in [0.15, 0.2) is 0 Å². The fourth-order valence-electron chi connectivity index (χ4n) is 4.05. The SMILES string of the molecule is CC(C)c1csc(CCc2ccn3c(=O)c(/C=C/C(=O)O)c(N4CC[N+](C)(C)CC4)nc3c2)n1. The summed E-state index contributed by atoms with van der Waals surface area (Å²) in [5.74, 6) is -0.116. The molecule has 8 nitrogen and oxygen atoms in total. The number of carboxylic acid groups (broad SMARTS) is 1. The first-order valence-electron chi connectivity index (χ1n) is 11.6. The predicted octanol–water partition coefficient (Wildman–Crippen LogP) is 3.05. The second-order valence-corrected chi connectivity index (χ2v) is 10.7. The maximum absolute atomic E-state index is 13.3. The summed E-state index contributed by atoms with van der Waals surface area (Å²) in [5.41, 5.74) is 2.84. The van der Waals surface area contributed by atoms with Crippen molar-refractivity contribution in [1.29, 1.82) is 0 Å². The quantitative estimate of drug-likeness (QED) is 0.411. The fraction of sp³-hybridized carbons (Fsp3) is 0.440. The summed E-state index contributed by atoms with van der Waals surface area (Å²) in [5, 5.41) is 12.4. The third kappa shape index (κ3) is 5.37. The Morgan fingerprint density at radius 3 is 2.62 bits per heavy atom. The molecule has 3 aromatic heterocycles. The van der Waals surface area contributed by atoms with Crippen LogP contribution in [0.5, 0.6) is 0 Å². The molecule has 0 atom stereocenters. The summed E-state index contributed by atoms with van der Waals surface area (Å²) in [6.45, 7) is 7.65. The van der Waals surface area contributed by atoms with Gasteiger partial charge in [-0.15, -0.1) is 11.3 Å². The number of likely N-dealkylation sites (N-methyl/N-ethyl adjacent to an activating group) is 1. The van der Waals surface area contributed by atoms with E-state index >= 15 is 0 Å². The van der Waals surface area contributed by atoms with Crippen molar-refractivity contribution in [2.75, 3.05) is 45.2 Å². The number of hydrogen-bond acceptors (Lipinski definition) is 6. The number of aryl methyl sites for hydroxylation is 2. The summed E-state index contributed by atoms with van der Waals surface area (Å²) >= 11 is 1.69. The fourth-order valence-corrected chi connectivity index (χ4v) is 5.01. The summed E-state index contributed by atoms with van der Waals surface area (Å²) < 4.78 is 2.40. The Labute approximate surface area is 203 Å². The summed E-state index contributed by atoms with van der Waals surface area (Å²) in [4.78, 5) is 36.2. The van der Waals surface area contributed by atoms with Crippen molar-refractivity contribution in [3.63, 3.8) is 0 Å². The highest BCUT2D eigenvalue weighted by Gasteiger charge is 2.27. The van der Waals surface area contributed by atoms with Crippen LogP contribution in [0.15, 0.2) is 34.6 Å². The molecule has 4 rings (SSSR count). The molecule has 0 saturated carbocycles. The average molecular weight is 483 g/mol. The van der Waals surface area contributed by atoms with Gasteiger partial charge in [0.05, 0.1) is 56.5 Å². The smallest absolute Gasteiger partial charge is 0.328 e. The zero-order chi connectivity index (χ0) is 24.5. The molecule has 0 radical (unpaired) electrons. The van der Waals surface area contributed by atoms with Crippen molar-refractivity contribution in [1.82, 2.24) is 14.4 Å². The van der Waals surface area contributed by atoms with E-state index in [1.165, 1.54) is 10.5 Å². The molecule has 0 unspecified atom stereocenters. The number of quaternary nitrogens is 1. The summed E-state index contributed by atoms with van der Waals surface area (Å²) in [6, 6.07) is 3.88. The van der Waals surface area contributed by atoms with E-state index in [1.54, 1.807) is 17.5 Å². The average Bonchev–Trinajstić information content (AvgIpc) is 3.26. The van der Waals surface area contributed by atoms with Crippen molar-refractivity contribution in [2.45, 2.75) is 32.6 Å². The third-order valence-electron chi connectivity index (χ3n) is 6.34. The highest BCUT2D eigenvalue weighted by Crippen LogP contribution is 2.22. The predicted molar refractivity (Wildman–Crippen MR) is 136 cm³/mol. The van der Waals surface area contributed by atoms with Gasteiger partial charge in [0.1, 0.15) is 11.5 Å². The molecule has 0 aliphatic carbocycles. The van der Waals surface area contributed by atoms with E-state index in [1.807, 2.05) is 12.1 Å². The van der Waals surface area contributed by atoms with E-state index in [9.17, 15) is 9.59 Å². The third-order valence-corrected chi connectivity index (χ3v) is 7.27. The minimum atomic E-state index is -1.09. The highest BCUT2D eigenvalue weighted by atomic mass is 32.1. The van der Waals surface area contributed by atoms with Crippen LogP contribution < -0.4 is 10.5 Å². The highest BCUT2D eigenvalue weighted by molar-refractivity contribution is 7.09. The van der Waals surface area contributed by atoms with Crippen LogP contribution in [0.25, 0.3) is 11.7 Å². The van der Waals surface area contributed by atoms with Gasteiger partial charge >= 0.3 is 5.97 Å². The van der Waals surface area contributed by atoms with E-state index < -0.39 is 5.97 Å². The molecule has 9 heteroatoms. The number of fused-ring (bicyclic) bond motifs is 1. The number of rotatable bonds is 7. The first-order chi connectivity index (χ1) is 16.1. The number of nitrogens with zero attached hydrogens (tertiary/aromatic N) is 5. The Kier molecular flexibility index (Phi) is 6.86. The van der Waals surface area contributed by atoms with E-state index in [4.69, 9.17) is 15.1 Å². The van der Waals surface area contributed by atoms with Crippen LogP contribution in [-0.4, -0.2) is 70.2 Å². The number of aliphatic carboxylic acids is 1. The van der Waals surface area contributed by atoms with Crippen LogP contribution in [0.3, 0.4) is 0 Å². The van der Waals surface area contributed by atoms with E-state index in [2.05, 4.69) is 38.2 Å². The summed E-state index contributed by atoms with van der Waals surface area (Å²) in [7, 11) is 4.37. The molecular formula is C25H32N5O3S+. The molecule has 0 aromatic carbocycles. The minimum absolute atomic E-state index is 0.259. The topological polar surface area (TPSA) is 87.8 Å². The lowest BCUT2D eigenvalue weighted by Crippen LogP contribution is -2.55. The Balaban J connectivity index is 1.67. The Morgan fingerprint density at radius 2 is 1.97 bits per heavy atom. The molecule has 0 bridgehead atoms. The van der Waals surface area contributed by atoms with Crippen molar-refractivity contribution in [3.05, 3.63) is 62.0 Å². The van der Waals surface area contributed by atoms with Gasteiger partial charge in [0.2, 0.25) is 0 Å². The normalized spacial score (nSPS) is 16.1. The minimum Gasteiger partial charge on any atom is -0.478 e. The number of carboxylic acids is 1. The van der Waals surface area contributed by atoms with E-state index in [0.717, 1.165) is 65.8 Å². The number of hydrogen-bond donors (Lipinski definition) is 1. The number of anilines is 1. The second-order valence-electron chi connectivity index (χ2n) is 9.78. The van der Waals surface area contributed by atoms with Crippen molar-refractivity contribution in [2.24, 2.45) is 0 Å². The Hall–Kier alpha value is -3.04. The molecule has 4 heterocycles. The molecule has 0 spiro atoms. The maximum atomic E-state index is 13.3. The van der Waals surface area contributed by atoms with Gasteiger partial charge in [-0.1, -0.05) is 13.8 Å². The molecule has 34 heavy (non-hydrogen) atoms. The van der Waals surface area contributed by atoms with Crippen LogP contribution in [0.2, 0.25) is 0 Å². The Bertz CT molecular complexity index is 1280. The molecule has 1 aliphatic heterocycles. The molecule has 1 fully saturated rings. The van der Waals surface area contributed by atoms with Gasteiger partial charge in [-0.25, -0.2) is 14.8 Å². The standard InChI is InChI=1S/C25H31N5O3S/c1-17(2)20-16-34-22(26-20)7-5-18-9-10-29-21(15-18)27-24(19(25(29)33)6-8-23(31)32)28-11-13-30(3,4)14-12-28/h6,8-10,15-17H,5,7,11-14H2,1-4H3/p+1/b8-6+. The Morgan fingerprint density at radius 1 is 1.24 bits per heavy atom. The lowest BCUT2D eigenvalue weighted by Gasteiger charge is -2.39. The van der Waals surface area contributed by atoms with Crippen LogP contribution in [0, 0.1) is 0 Å². The van der Waals surface area contributed by atoms with Gasteiger partial charge in [0, 0.05) is 24.1 Å². The van der Waals surface area contributed by atoms with E-state index in [-0.39, 0.29) is 5.56 Å². The van der Waals surface area contributed by atoms with Crippen LogP contribution >= 0.6 is 11.3 Å². The number of carbonyl (C=O) groups is 1. The van der Waals surface area contributed by atoms with Crippen molar-refractivity contribution >= 4 is 34.8 Å². The van der Waals surface area contributed by atoms with Gasteiger partial charge in [-0.3, -0.25) is 9.20 Å². The molecule has 1 saturated heterocycles. The van der Waals surface area contributed by atoms with Crippen LogP contribution in [-0.2, 0) is 17.6 Å². The number of thiazole rings is 1. The molecule has 0 amide bonds. The van der Waals surface area contributed by atoms with Crippen LogP contribution in [0.4, 0.5) is 5.82 Å². The molecule has 180 valence electrons. The molecule has 1 N–H and O–H groups in total. The second kappa shape index (κ2) is 9.68. The number of piperazine rings is 1. The van der Waals surface area contributed by atoms with Gasteiger partial charge in [0.25, 0.3) is 5.56 Å². The zero-order valence-electron chi connectivity index (χ0n) is 20.2. The first-order valence-corrected chi connectivity index (χ1v) is 12.5. The van der Waals surface area contributed by atoms with Crippen molar-refractivity contribution < 1.29 is 14.4 Å². The summed E-state index contributed by atoms with van der Waals surface area (Å²) in [6.07, 6.45) is 5.76. The van der Waals surface area contributed by atoms with Gasteiger partial charge in [-0.05, 0) is 36.1 Å². The lowest BCUT2D eigenvalue weighted by atomic mass is 10.1. The lowest BCUT2D eigenvalue weighted by molar-refractivity contribution is -0.890. The molecule has 1 aliphatic rings. The van der Waals surface area contributed by atoms with Gasteiger partial charge < -0.3 is 14.5 Å². The van der Waals surface area contributed by atoms with Crippen molar-refractivity contribution in [3.8, 4) is 0 Å². The molecule has 3 aromatic rings. The van der Waals surface area contributed by atoms with Gasteiger partial charge in [-0.2, -0.15) is 0 Å². The first kappa shape index (κ1) is 24.1. The van der Waals surface area contributed by atoms with E-state index in [0.29, 0.717) is 22.9 Å². The maximum Gasteiger partial charge on any atom is 0.328 e. The number of pyridine rings is 1.